The summed E-state index contributed by atoms with van der Waals surface area (Å²) in [6.45, 7) is 1.04. The van der Waals surface area contributed by atoms with E-state index in [-0.39, 0.29) is 5.28 Å². The second-order valence-corrected chi connectivity index (χ2v) is 9.85. The second kappa shape index (κ2) is 9.29. The molecule has 1 saturated carbocycles. The molecular weight excluding hydrogens is 563 g/mol. The molecule has 2 aromatic heterocycles. The number of nitrogens with one attached hydrogen (secondary N) is 2. The van der Waals surface area contributed by atoms with Crippen LogP contribution < -0.4 is 10.6 Å². The molecule has 5 rings (SSSR count). The van der Waals surface area contributed by atoms with Crippen LogP contribution >= 0.6 is 34.2 Å². The third-order valence-electron chi connectivity index (χ3n) is 5.78. The first-order valence-corrected chi connectivity index (χ1v) is 12.0. The number of halogens is 2. The number of benzene rings is 1. The molecule has 4 N–H and O–H groups in total. The highest BCUT2D eigenvalue weighted by Crippen LogP contribution is 2.33. The summed E-state index contributed by atoms with van der Waals surface area (Å²) < 4.78 is 8.34. The summed E-state index contributed by atoms with van der Waals surface area (Å²) in [5.41, 5.74) is 1.80. The highest BCUT2D eigenvalue weighted by Gasteiger charge is 2.48. The molecule has 4 atom stereocenters. The Kier molecular flexibility index (Phi) is 6.40. The Morgan fingerprint density at radius 2 is 2.09 bits per heavy atom. The van der Waals surface area contributed by atoms with Gasteiger partial charge in [0.05, 0.1) is 6.33 Å². The average molecular weight is 585 g/mol. The van der Waals surface area contributed by atoms with Gasteiger partial charge in [-0.25, -0.2) is 4.98 Å². The number of aromatic nitrogens is 4. The van der Waals surface area contributed by atoms with Gasteiger partial charge in [-0.15, -0.1) is 0 Å². The van der Waals surface area contributed by atoms with Crippen LogP contribution in [0.5, 0.6) is 0 Å². The van der Waals surface area contributed by atoms with Crippen LogP contribution in [0.4, 0.5) is 5.82 Å². The van der Waals surface area contributed by atoms with Gasteiger partial charge < -0.3 is 25.6 Å². The van der Waals surface area contributed by atoms with E-state index in [0.717, 1.165) is 22.0 Å². The normalized spacial score (nSPS) is 24.8. The largest absolute Gasteiger partial charge is 0.387 e. The summed E-state index contributed by atoms with van der Waals surface area (Å²) in [5, 5.41) is 27.1. The number of aliphatic hydroxyl groups excluding tert-OH is 2. The summed E-state index contributed by atoms with van der Waals surface area (Å²) >= 11 is 8.41. The summed E-state index contributed by atoms with van der Waals surface area (Å²) in [4.78, 5) is 25.3. The van der Waals surface area contributed by atoms with Gasteiger partial charge in [0.15, 0.2) is 29.3 Å². The first-order chi connectivity index (χ1) is 15.9. The molecule has 10 nitrogen and oxygen atoms in total. The van der Waals surface area contributed by atoms with Crippen molar-refractivity contribution in [3.05, 3.63) is 45.0 Å². The van der Waals surface area contributed by atoms with E-state index in [1.165, 1.54) is 10.9 Å². The predicted octanol–water partition coefficient (Wildman–Crippen LogP) is 1.84. The van der Waals surface area contributed by atoms with Crippen LogP contribution in [0.3, 0.4) is 0 Å². The van der Waals surface area contributed by atoms with Gasteiger partial charge in [0.2, 0.25) is 5.28 Å². The summed E-state index contributed by atoms with van der Waals surface area (Å²) in [5.74, 6) is 0.456. The number of fused-ring (bicyclic) bond motifs is 1. The van der Waals surface area contributed by atoms with Crippen LogP contribution in [-0.4, -0.2) is 60.5 Å². The molecule has 3 heterocycles. The molecular formula is C21H22ClIN6O4. The molecule has 0 unspecified atom stereocenters. The lowest BCUT2D eigenvalue weighted by Crippen LogP contribution is -2.43. The Balaban J connectivity index is 1.37. The molecule has 3 aromatic rings. The number of hydrogen-bond donors (Lipinski definition) is 4. The zero-order valence-corrected chi connectivity index (χ0v) is 20.3. The fourth-order valence-electron chi connectivity index (χ4n) is 3.81. The molecule has 1 aliphatic heterocycles. The molecule has 1 aromatic carbocycles. The topological polar surface area (TPSA) is 134 Å². The minimum atomic E-state index is -1.39. The number of rotatable bonds is 7. The lowest BCUT2D eigenvalue weighted by atomic mass is 10.1. The molecule has 1 amide bonds. The Hall–Kier alpha value is -2.06. The Bertz CT molecular complexity index is 1190. The van der Waals surface area contributed by atoms with Crippen LogP contribution in [-0.2, 0) is 16.1 Å². The Labute approximate surface area is 207 Å². The zero-order valence-electron chi connectivity index (χ0n) is 17.4. The molecule has 2 fully saturated rings. The van der Waals surface area contributed by atoms with Crippen LogP contribution in [0, 0.1) is 9.49 Å². The Morgan fingerprint density at radius 3 is 2.85 bits per heavy atom. The smallest absolute Gasteiger partial charge is 0.252 e. The number of imidazole rings is 1. The molecule has 0 bridgehead atoms. The number of ether oxygens (including phenoxy) is 1. The minimum Gasteiger partial charge on any atom is -0.387 e. The van der Waals surface area contributed by atoms with E-state index in [1.807, 2.05) is 24.3 Å². The number of amides is 1. The molecule has 12 heteroatoms. The van der Waals surface area contributed by atoms with E-state index >= 15 is 0 Å². The maximum absolute atomic E-state index is 12.5. The summed E-state index contributed by atoms with van der Waals surface area (Å²) in [6, 6.07) is 8.01. The standard InChI is InChI=1S/C21H22ClIN6O4/c22-21-27-17(24-8-11-2-1-3-12(23)6-11)13-18(28-21)29(9-26-13)20-15(31)14(30)16(33-20)19(32)25-7-10-4-5-10/h1-3,6,9-10,14-16,20,30-31H,4-5,7-8H2,(H,25,32)(H,24,27,28)/t14-,15+,16-,20+/m0/s1. The molecule has 1 aliphatic carbocycles. The van der Waals surface area contributed by atoms with Crippen molar-refractivity contribution in [2.24, 2.45) is 5.92 Å². The van der Waals surface area contributed by atoms with Gasteiger partial charge in [-0.3, -0.25) is 9.36 Å². The quantitative estimate of drug-likeness (QED) is 0.244. The van der Waals surface area contributed by atoms with Crippen molar-refractivity contribution >= 4 is 57.1 Å². The van der Waals surface area contributed by atoms with Crippen molar-refractivity contribution in [2.75, 3.05) is 11.9 Å². The van der Waals surface area contributed by atoms with E-state index in [1.54, 1.807) is 0 Å². The maximum atomic E-state index is 12.5. The first-order valence-electron chi connectivity index (χ1n) is 10.6. The lowest BCUT2D eigenvalue weighted by Gasteiger charge is -2.16. The van der Waals surface area contributed by atoms with E-state index in [9.17, 15) is 15.0 Å². The minimum absolute atomic E-state index is 0.0128. The first kappa shape index (κ1) is 22.7. The van der Waals surface area contributed by atoms with Crippen LogP contribution in [0.1, 0.15) is 24.6 Å². The van der Waals surface area contributed by atoms with Crippen molar-refractivity contribution in [2.45, 2.75) is 43.9 Å². The number of hydrogen-bond acceptors (Lipinski definition) is 8. The van der Waals surface area contributed by atoms with Gasteiger partial charge in [-0.05, 0) is 70.6 Å². The van der Waals surface area contributed by atoms with E-state index in [2.05, 4.69) is 48.2 Å². The number of nitrogens with zero attached hydrogens (tertiary/aromatic N) is 4. The van der Waals surface area contributed by atoms with Gasteiger partial charge in [0.25, 0.3) is 5.91 Å². The molecule has 1 saturated heterocycles. The van der Waals surface area contributed by atoms with Gasteiger partial charge in [0, 0.05) is 16.7 Å². The Morgan fingerprint density at radius 1 is 1.27 bits per heavy atom. The van der Waals surface area contributed by atoms with Crippen LogP contribution in [0.2, 0.25) is 5.28 Å². The number of carbonyl (C=O) groups excluding carboxylic acids is 1. The number of anilines is 1. The van der Waals surface area contributed by atoms with Crippen LogP contribution in [0.25, 0.3) is 11.2 Å². The predicted molar refractivity (Wildman–Crippen MR) is 128 cm³/mol. The molecule has 33 heavy (non-hydrogen) atoms. The fraction of sp³-hybridized carbons (Fsp3) is 0.429. The van der Waals surface area contributed by atoms with Gasteiger partial charge in [-0.2, -0.15) is 9.97 Å². The number of carbonyl (C=O) groups is 1. The van der Waals surface area contributed by atoms with E-state index in [4.69, 9.17) is 16.3 Å². The highest BCUT2D eigenvalue weighted by atomic mass is 127. The molecule has 0 spiro atoms. The van der Waals surface area contributed by atoms with Crippen molar-refractivity contribution in [1.82, 2.24) is 24.8 Å². The van der Waals surface area contributed by atoms with E-state index < -0.39 is 30.4 Å². The maximum Gasteiger partial charge on any atom is 0.252 e. The fourth-order valence-corrected chi connectivity index (χ4v) is 4.58. The third-order valence-corrected chi connectivity index (χ3v) is 6.62. The highest BCUT2D eigenvalue weighted by molar-refractivity contribution is 14.1. The molecule has 0 radical (unpaired) electrons. The van der Waals surface area contributed by atoms with Crippen LogP contribution in [0.15, 0.2) is 30.6 Å². The summed E-state index contributed by atoms with van der Waals surface area (Å²) in [7, 11) is 0. The monoisotopic (exact) mass is 584 g/mol. The SMILES string of the molecule is O=C(NCC1CC1)[C@H]1O[C@@H](n2cnc3c(NCc4cccc(I)c4)nc(Cl)nc32)[C@H](O)[C@@H]1O. The van der Waals surface area contributed by atoms with Crippen molar-refractivity contribution < 1.29 is 19.7 Å². The lowest BCUT2D eigenvalue weighted by molar-refractivity contribution is -0.137. The average Bonchev–Trinajstić information content (AvgIpc) is 3.46. The van der Waals surface area contributed by atoms with E-state index in [0.29, 0.717) is 36.0 Å². The van der Waals surface area contributed by atoms with Crippen molar-refractivity contribution in [1.29, 1.82) is 0 Å². The van der Waals surface area contributed by atoms with Crippen molar-refractivity contribution in [3.63, 3.8) is 0 Å². The summed E-state index contributed by atoms with van der Waals surface area (Å²) in [6.07, 6.45) is -1.40. The van der Waals surface area contributed by atoms with Gasteiger partial charge in [-0.1, -0.05) is 12.1 Å². The van der Waals surface area contributed by atoms with Gasteiger partial charge in [0.1, 0.15) is 12.2 Å². The molecule has 2 aliphatic rings. The van der Waals surface area contributed by atoms with Gasteiger partial charge >= 0.3 is 0 Å². The second-order valence-electron chi connectivity index (χ2n) is 8.27. The number of aliphatic hydroxyl groups is 2. The molecule has 174 valence electrons. The van der Waals surface area contributed by atoms with Crippen molar-refractivity contribution in [3.8, 4) is 0 Å². The zero-order chi connectivity index (χ0) is 23.1. The third kappa shape index (κ3) is 4.78.